The Morgan fingerprint density at radius 2 is 2.04 bits per heavy atom. The fraction of sp³-hybridized carbons (Fsp3) is 0.647. The maximum absolute atomic E-state index is 11.4. The van der Waals surface area contributed by atoms with Crippen LogP contribution in [0.2, 0.25) is 5.82 Å². The Balaban J connectivity index is 2.35. The first-order valence-electron chi connectivity index (χ1n) is 8.37. The molecular weight excluding hydrogens is 341 g/mol. The monoisotopic (exact) mass is 366 g/mol. The van der Waals surface area contributed by atoms with Gasteiger partial charge in [0.15, 0.2) is 0 Å². The highest BCUT2D eigenvalue weighted by Crippen LogP contribution is 2.44. The third kappa shape index (κ3) is 4.28. The van der Waals surface area contributed by atoms with E-state index < -0.39 is 11.0 Å². The second kappa shape index (κ2) is 9.20. The highest BCUT2D eigenvalue weighted by atomic mass is 16.6. The summed E-state index contributed by atoms with van der Waals surface area (Å²) in [6, 6.07) is 3.07. The largest absolute Gasteiger partial charge is 0.496 e. The summed E-state index contributed by atoms with van der Waals surface area (Å²) in [6.07, 6.45) is 0.326. The third-order valence-electron chi connectivity index (χ3n) is 4.74. The molecule has 1 aromatic carbocycles. The summed E-state index contributed by atoms with van der Waals surface area (Å²) in [5, 5.41) is 11.4. The minimum atomic E-state index is -0.484. The lowest BCUT2D eigenvalue weighted by atomic mass is 9.72. The zero-order valence-corrected chi connectivity index (χ0v) is 15.8. The summed E-state index contributed by atoms with van der Waals surface area (Å²) in [5.74, 6) is 0.720. The summed E-state index contributed by atoms with van der Waals surface area (Å²) in [7, 11) is 7.91. The van der Waals surface area contributed by atoms with Crippen LogP contribution in [-0.4, -0.2) is 53.6 Å². The predicted octanol–water partition coefficient (Wildman–Crippen LogP) is 2.78. The average Bonchev–Trinajstić information content (AvgIpc) is 3.08. The molecule has 1 fully saturated rings. The van der Waals surface area contributed by atoms with E-state index in [0.29, 0.717) is 17.9 Å². The van der Waals surface area contributed by atoms with Gasteiger partial charge in [0.05, 0.1) is 44.0 Å². The fourth-order valence-electron chi connectivity index (χ4n) is 3.45. The summed E-state index contributed by atoms with van der Waals surface area (Å²) in [6.45, 7) is 2.55. The van der Waals surface area contributed by atoms with E-state index in [9.17, 15) is 10.1 Å². The number of nitro groups is 1. The number of nitro benzene ring substituents is 1. The molecule has 8 nitrogen and oxygen atoms in total. The van der Waals surface area contributed by atoms with Gasteiger partial charge in [-0.05, 0) is 24.2 Å². The van der Waals surface area contributed by atoms with Crippen LogP contribution < -0.4 is 9.47 Å². The van der Waals surface area contributed by atoms with Crippen LogP contribution in [-0.2, 0) is 14.1 Å². The lowest BCUT2D eigenvalue weighted by Gasteiger charge is -2.28. The van der Waals surface area contributed by atoms with Gasteiger partial charge < -0.3 is 23.6 Å². The maximum atomic E-state index is 11.4. The molecule has 2 rings (SSSR count). The van der Waals surface area contributed by atoms with Gasteiger partial charge in [0.25, 0.3) is 7.48 Å². The van der Waals surface area contributed by atoms with Gasteiger partial charge in [0.2, 0.25) is 5.75 Å². The molecule has 143 valence electrons. The lowest BCUT2D eigenvalue weighted by molar-refractivity contribution is -0.385. The first kappa shape index (κ1) is 20.5. The van der Waals surface area contributed by atoms with Gasteiger partial charge in [-0.15, -0.1) is 0 Å². The number of hydrogen-bond acceptors (Lipinski definition) is 7. The zero-order chi connectivity index (χ0) is 19.3. The molecule has 26 heavy (non-hydrogen) atoms. The van der Waals surface area contributed by atoms with Crippen molar-refractivity contribution in [2.75, 3.05) is 35.0 Å². The molecule has 1 heterocycles. The van der Waals surface area contributed by atoms with Crippen LogP contribution in [0, 0.1) is 16.0 Å². The Kier molecular flexibility index (Phi) is 7.25. The van der Waals surface area contributed by atoms with Crippen LogP contribution in [0.3, 0.4) is 0 Å². The summed E-state index contributed by atoms with van der Waals surface area (Å²) >= 11 is 0. The molecular formula is C17H25BNO7. The van der Waals surface area contributed by atoms with E-state index in [-0.39, 0.29) is 29.3 Å². The topological polar surface area (TPSA) is 89.3 Å². The van der Waals surface area contributed by atoms with Gasteiger partial charge in [0.1, 0.15) is 5.75 Å². The second-order valence-corrected chi connectivity index (χ2v) is 6.30. The van der Waals surface area contributed by atoms with E-state index in [1.54, 1.807) is 27.8 Å². The van der Waals surface area contributed by atoms with Crippen molar-refractivity contribution in [1.82, 2.24) is 0 Å². The number of rotatable bonds is 9. The van der Waals surface area contributed by atoms with E-state index in [1.165, 1.54) is 20.3 Å². The number of hydrogen-bond donors (Lipinski definition) is 0. The van der Waals surface area contributed by atoms with Crippen molar-refractivity contribution in [2.24, 2.45) is 5.92 Å². The summed E-state index contributed by atoms with van der Waals surface area (Å²) in [4.78, 5) is 10.9. The third-order valence-corrected chi connectivity index (χ3v) is 4.74. The molecule has 0 bridgehead atoms. The highest BCUT2D eigenvalue weighted by Gasteiger charge is 2.35. The van der Waals surface area contributed by atoms with Crippen LogP contribution >= 0.6 is 0 Å². The minimum absolute atomic E-state index is 0.00324. The highest BCUT2D eigenvalue weighted by molar-refractivity contribution is 6.30. The zero-order valence-electron chi connectivity index (χ0n) is 15.8. The smallest absolute Gasteiger partial charge is 0.315 e. The van der Waals surface area contributed by atoms with Crippen molar-refractivity contribution >= 4 is 13.2 Å². The summed E-state index contributed by atoms with van der Waals surface area (Å²) < 4.78 is 27.1. The van der Waals surface area contributed by atoms with Gasteiger partial charge in [-0.1, -0.05) is 6.92 Å². The van der Waals surface area contributed by atoms with Gasteiger partial charge in [0, 0.05) is 19.8 Å². The Bertz CT molecular complexity index is 627. The molecule has 1 aromatic rings. The van der Waals surface area contributed by atoms with Crippen molar-refractivity contribution in [3.05, 3.63) is 27.8 Å². The quantitative estimate of drug-likeness (QED) is 0.377. The van der Waals surface area contributed by atoms with Gasteiger partial charge in [-0.3, -0.25) is 10.1 Å². The Hall–Kier alpha value is -1.84. The Labute approximate surface area is 154 Å². The molecule has 0 aromatic heterocycles. The van der Waals surface area contributed by atoms with Gasteiger partial charge >= 0.3 is 5.69 Å². The van der Waals surface area contributed by atoms with Crippen molar-refractivity contribution in [3.63, 3.8) is 0 Å². The number of methoxy groups -OCH3 is 4. The van der Waals surface area contributed by atoms with Crippen LogP contribution in [0.15, 0.2) is 12.1 Å². The normalized spacial score (nSPS) is 21.7. The molecule has 0 spiro atoms. The summed E-state index contributed by atoms with van der Waals surface area (Å²) in [5.41, 5.74) is 0.433. The van der Waals surface area contributed by atoms with Gasteiger partial charge in [-0.25, -0.2) is 0 Å². The minimum Gasteiger partial charge on any atom is -0.496 e. The average molecular weight is 366 g/mol. The number of nitrogens with zero attached hydrogens (tertiary/aromatic N) is 1. The van der Waals surface area contributed by atoms with E-state index in [2.05, 4.69) is 0 Å². The van der Waals surface area contributed by atoms with Crippen LogP contribution in [0.5, 0.6) is 11.5 Å². The maximum Gasteiger partial charge on any atom is 0.315 e. The molecule has 1 saturated heterocycles. The van der Waals surface area contributed by atoms with Crippen molar-refractivity contribution < 1.29 is 28.5 Å². The number of ether oxygens (including phenoxy) is 4. The van der Waals surface area contributed by atoms with E-state index >= 15 is 0 Å². The number of benzene rings is 1. The molecule has 9 heteroatoms. The van der Waals surface area contributed by atoms with Crippen molar-refractivity contribution in [2.45, 2.75) is 31.4 Å². The Morgan fingerprint density at radius 1 is 1.31 bits per heavy atom. The molecule has 1 aliphatic rings. The van der Waals surface area contributed by atoms with Crippen LogP contribution in [0.4, 0.5) is 5.69 Å². The molecule has 1 radical (unpaired) electrons. The predicted molar refractivity (Wildman–Crippen MR) is 96.0 cm³/mol. The lowest BCUT2D eigenvalue weighted by Crippen LogP contribution is -2.22. The second-order valence-electron chi connectivity index (χ2n) is 6.30. The molecule has 1 aliphatic heterocycles. The standard InChI is InChI=1S/C17H25BNO7/c1-10(6-13-15(23-3)9-26-18-13)16(24-4)12-7-11(22-2)8-14(19(20)21)17(12)25-5/h7-8,10,13,15-16H,6,9H2,1-5H3/t10-,13-,15+,16+/m0/s1. The fourth-order valence-corrected chi connectivity index (χ4v) is 3.45. The SMILES string of the molecule is COc1cc([C@H](OC)[C@@H](C)C[C@@H]2[B]OC[C@H]2OC)c(OC)c([N+](=O)[O-])c1. The first-order valence-corrected chi connectivity index (χ1v) is 8.37. The van der Waals surface area contributed by atoms with E-state index in [0.717, 1.165) is 6.42 Å². The molecule has 0 unspecified atom stereocenters. The molecule has 0 N–H and O–H groups in total. The van der Waals surface area contributed by atoms with E-state index in [4.69, 9.17) is 23.6 Å². The first-order chi connectivity index (χ1) is 12.5. The van der Waals surface area contributed by atoms with Gasteiger partial charge in [-0.2, -0.15) is 0 Å². The van der Waals surface area contributed by atoms with Crippen LogP contribution in [0.25, 0.3) is 0 Å². The van der Waals surface area contributed by atoms with Crippen molar-refractivity contribution in [3.8, 4) is 11.5 Å². The Morgan fingerprint density at radius 3 is 2.58 bits per heavy atom. The van der Waals surface area contributed by atoms with Crippen molar-refractivity contribution in [1.29, 1.82) is 0 Å². The van der Waals surface area contributed by atoms with E-state index in [1.807, 2.05) is 6.92 Å². The molecule has 4 atom stereocenters. The molecule has 0 amide bonds. The van der Waals surface area contributed by atoms with Crippen LogP contribution in [0.1, 0.15) is 25.0 Å². The molecule has 0 aliphatic carbocycles. The molecule has 0 saturated carbocycles.